The molecule has 148 valence electrons. The number of carbonyl (C=O) groups excluding carboxylic acids is 1. The Morgan fingerprint density at radius 3 is 2.61 bits per heavy atom. The molecule has 0 aromatic heterocycles. The fraction of sp³-hybridized carbons (Fsp3) is 0.409. The number of ether oxygens (including phenoxy) is 1. The summed E-state index contributed by atoms with van der Waals surface area (Å²) in [7, 11) is 0. The molecule has 1 heterocycles. The number of amides is 2. The molecule has 1 fully saturated rings. The first-order valence-corrected chi connectivity index (χ1v) is 9.87. The van der Waals surface area contributed by atoms with Crippen molar-refractivity contribution >= 4 is 11.7 Å². The maximum absolute atomic E-state index is 12.4. The number of hydrogen-bond acceptors (Lipinski definition) is 4. The van der Waals surface area contributed by atoms with E-state index < -0.39 is 6.10 Å². The summed E-state index contributed by atoms with van der Waals surface area (Å²) < 4.78 is 5.42. The van der Waals surface area contributed by atoms with Gasteiger partial charge in [0.15, 0.2) is 0 Å². The summed E-state index contributed by atoms with van der Waals surface area (Å²) >= 11 is 0. The van der Waals surface area contributed by atoms with E-state index in [4.69, 9.17) is 4.74 Å². The van der Waals surface area contributed by atoms with E-state index in [1.54, 1.807) is 0 Å². The van der Waals surface area contributed by atoms with Crippen LogP contribution in [0.4, 0.5) is 10.5 Å². The Bertz CT molecular complexity index is 818. The average Bonchev–Trinajstić information content (AvgIpc) is 3.04. The van der Waals surface area contributed by atoms with Crippen LogP contribution >= 0.6 is 0 Å². The van der Waals surface area contributed by atoms with Gasteiger partial charge < -0.3 is 20.5 Å². The Morgan fingerprint density at radius 2 is 1.86 bits per heavy atom. The number of rotatable bonds is 4. The summed E-state index contributed by atoms with van der Waals surface area (Å²) in [5, 5.41) is 16.1. The molecule has 2 aromatic carbocycles. The van der Waals surface area contributed by atoms with Gasteiger partial charge >= 0.3 is 6.03 Å². The second kappa shape index (κ2) is 8.31. The van der Waals surface area contributed by atoms with Crippen molar-refractivity contribution in [2.45, 2.75) is 31.5 Å². The second-order valence-electron chi connectivity index (χ2n) is 7.49. The SMILES string of the molecule is CC(c1ccc(NC(=O)N[C@@H]2c3ccccc3C[C@@H]2O)cc1)N1CCOCC1. The van der Waals surface area contributed by atoms with E-state index in [0.717, 1.165) is 43.1 Å². The van der Waals surface area contributed by atoms with Gasteiger partial charge in [-0.3, -0.25) is 4.90 Å². The van der Waals surface area contributed by atoms with Crippen molar-refractivity contribution in [1.29, 1.82) is 0 Å². The monoisotopic (exact) mass is 381 g/mol. The summed E-state index contributed by atoms with van der Waals surface area (Å²) in [6, 6.07) is 15.4. The number of benzene rings is 2. The Hall–Kier alpha value is -2.41. The third-order valence-corrected chi connectivity index (χ3v) is 5.73. The standard InChI is InChI=1S/C22H27N3O3/c1-15(25-10-12-28-13-11-25)16-6-8-18(9-7-16)23-22(27)24-21-19-5-3-2-4-17(19)14-20(21)26/h2-9,15,20-21,26H,10-14H2,1H3,(H2,23,24,27)/t15?,20-,21+/m0/s1. The van der Waals surface area contributed by atoms with Gasteiger partial charge in [0.2, 0.25) is 0 Å². The van der Waals surface area contributed by atoms with Gasteiger partial charge in [-0.2, -0.15) is 0 Å². The van der Waals surface area contributed by atoms with Crippen LogP contribution in [0.15, 0.2) is 48.5 Å². The zero-order valence-electron chi connectivity index (χ0n) is 16.1. The molecule has 1 aliphatic carbocycles. The molecule has 6 heteroatoms. The molecular formula is C22H27N3O3. The number of aliphatic hydroxyl groups excluding tert-OH is 1. The molecule has 3 N–H and O–H groups in total. The van der Waals surface area contributed by atoms with Crippen molar-refractivity contribution in [1.82, 2.24) is 10.2 Å². The lowest BCUT2D eigenvalue weighted by molar-refractivity contribution is 0.0198. The number of carbonyl (C=O) groups is 1. The highest BCUT2D eigenvalue weighted by molar-refractivity contribution is 5.89. The molecular weight excluding hydrogens is 354 g/mol. The molecule has 0 radical (unpaired) electrons. The van der Waals surface area contributed by atoms with Crippen molar-refractivity contribution in [2.24, 2.45) is 0 Å². The summed E-state index contributed by atoms with van der Waals surface area (Å²) in [6.45, 7) is 5.63. The molecule has 6 nitrogen and oxygen atoms in total. The van der Waals surface area contributed by atoms with E-state index in [1.807, 2.05) is 36.4 Å². The fourth-order valence-corrected chi connectivity index (χ4v) is 4.08. The second-order valence-corrected chi connectivity index (χ2v) is 7.49. The summed E-state index contributed by atoms with van der Waals surface area (Å²) in [5.74, 6) is 0. The number of urea groups is 1. The van der Waals surface area contributed by atoms with Gasteiger partial charge in [-0.25, -0.2) is 4.79 Å². The minimum atomic E-state index is -0.597. The summed E-state index contributed by atoms with van der Waals surface area (Å²) in [6.07, 6.45) is -0.0326. The number of anilines is 1. The van der Waals surface area contributed by atoms with E-state index in [2.05, 4.69) is 34.6 Å². The topological polar surface area (TPSA) is 73.8 Å². The van der Waals surface area contributed by atoms with Crippen LogP contribution in [0.25, 0.3) is 0 Å². The lowest BCUT2D eigenvalue weighted by Crippen LogP contribution is -2.38. The Morgan fingerprint density at radius 1 is 1.14 bits per heavy atom. The Kier molecular flexibility index (Phi) is 5.62. The van der Waals surface area contributed by atoms with Gasteiger partial charge in [0.1, 0.15) is 0 Å². The molecule has 2 amide bonds. The van der Waals surface area contributed by atoms with Crippen LogP contribution in [0, 0.1) is 0 Å². The van der Waals surface area contributed by atoms with Crippen molar-refractivity contribution in [3.8, 4) is 0 Å². The molecule has 0 saturated carbocycles. The largest absolute Gasteiger partial charge is 0.390 e. The lowest BCUT2D eigenvalue weighted by Gasteiger charge is -2.32. The van der Waals surface area contributed by atoms with E-state index >= 15 is 0 Å². The maximum Gasteiger partial charge on any atom is 0.319 e. The smallest absolute Gasteiger partial charge is 0.319 e. The minimum absolute atomic E-state index is 0.310. The van der Waals surface area contributed by atoms with Crippen LogP contribution < -0.4 is 10.6 Å². The molecule has 1 unspecified atom stereocenters. The fourth-order valence-electron chi connectivity index (χ4n) is 4.08. The molecule has 3 atom stereocenters. The van der Waals surface area contributed by atoms with Gasteiger partial charge in [-0.1, -0.05) is 36.4 Å². The summed E-state index contributed by atoms with van der Waals surface area (Å²) in [4.78, 5) is 14.8. The molecule has 28 heavy (non-hydrogen) atoms. The highest BCUT2D eigenvalue weighted by Gasteiger charge is 2.31. The van der Waals surface area contributed by atoms with Gasteiger partial charge in [-0.15, -0.1) is 0 Å². The normalized spacial score (nSPS) is 23.1. The predicted octanol–water partition coefficient (Wildman–Crippen LogP) is 2.86. The minimum Gasteiger partial charge on any atom is -0.390 e. The number of morpholine rings is 1. The molecule has 4 rings (SSSR count). The van der Waals surface area contributed by atoms with Gasteiger partial charge in [0.05, 0.1) is 25.4 Å². The van der Waals surface area contributed by atoms with E-state index in [0.29, 0.717) is 12.5 Å². The van der Waals surface area contributed by atoms with Crippen LogP contribution in [0.2, 0.25) is 0 Å². The zero-order valence-corrected chi connectivity index (χ0v) is 16.1. The Balaban J connectivity index is 1.36. The highest BCUT2D eigenvalue weighted by atomic mass is 16.5. The van der Waals surface area contributed by atoms with E-state index in [1.165, 1.54) is 5.56 Å². The van der Waals surface area contributed by atoms with Crippen LogP contribution in [-0.2, 0) is 11.2 Å². The van der Waals surface area contributed by atoms with Crippen LogP contribution in [0.5, 0.6) is 0 Å². The van der Waals surface area contributed by atoms with Gasteiger partial charge in [0.25, 0.3) is 0 Å². The van der Waals surface area contributed by atoms with Crippen LogP contribution in [0.1, 0.15) is 35.7 Å². The lowest BCUT2D eigenvalue weighted by atomic mass is 10.1. The van der Waals surface area contributed by atoms with Crippen molar-refractivity contribution in [3.05, 3.63) is 65.2 Å². The summed E-state index contributed by atoms with van der Waals surface area (Å²) in [5.41, 5.74) is 4.02. The first kappa shape index (κ1) is 18.9. The number of hydrogen-bond donors (Lipinski definition) is 3. The molecule has 0 bridgehead atoms. The van der Waals surface area contributed by atoms with Gasteiger partial charge in [0, 0.05) is 31.2 Å². The van der Waals surface area contributed by atoms with E-state index in [9.17, 15) is 9.90 Å². The molecule has 2 aliphatic rings. The third-order valence-electron chi connectivity index (χ3n) is 5.73. The molecule has 2 aromatic rings. The molecule has 1 saturated heterocycles. The molecule has 1 aliphatic heterocycles. The first-order valence-electron chi connectivity index (χ1n) is 9.87. The maximum atomic E-state index is 12.4. The van der Waals surface area contributed by atoms with Crippen LogP contribution in [-0.4, -0.2) is 48.4 Å². The molecule has 0 spiro atoms. The van der Waals surface area contributed by atoms with Crippen molar-refractivity contribution in [3.63, 3.8) is 0 Å². The highest BCUT2D eigenvalue weighted by Crippen LogP contribution is 2.31. The number of nitrogens with one attached hydrogen (secondary N) is 2. The Labute approximate surface area is 165 Å². The number of fused-ring (bicyclic) bond motifs is 1. The van der Waals surface area contributed by atoms with Crippen molar-refractivity contribution < 1.29 is 14.6 Å². The predicted molar refractivity (Wildman–Crippen MR) is 108 cm³/mol. The van der Waals surface area contributed by atoms with Gasteiger partial charge in [-0.05, 0) is 35.7 Å². The number of aliphatic hydroxyl groups is 1. The third kappa shape index (κ3) is 4.04. The van der Waals surface area contributed by atoms with E-state index in [-0.39, 0.29) is 12.1 Å². The average molecular weight is 381 g/mol. The number of nitrogens with zero attached hydrogens (tertiary/aromatic N) is 1. The quantitative estimate of drug-likeness (QED) is 0.761. The van der Waals surface area contributed by atoms with Crippen LogP contribution in [0.3, 0.4) is 0 Å². The first-order chi connectivity index (χ1) is 13.6. The van der Waals surface area contributed by atoms with Crippen molar-refractivity contribution in [2.75, 3.05) is 31.6 Å². The zero-order chi connectivity index (χ0) is 19.5.